The van der Waals surface area contributed by atoms with Crippen LogP contribution in [-0.2, 0) is 17.8 Å². The molecule has 0 aliphatic heterocycles. The smallest absolute Gasteiger partial charge is 0.249 e. The zero-order valence-electron chi connectivity index (χ0n) is 17.4. The first-order valence-electron chi connectivity index (χ1n) is 10.0. The molecule has 0 radical (unpaired) electrons. The first-order valence-corrected chi connectivity index (χ1v) is 10.0. The Morgan fingerprint density at radius 2 is 1.84 bits per heavy atom. The highest BCUT2D eigenvalue weighted by Gasteiger charge is 2.24. The molecule has 0 spiro atoms. The van der Waals surface area contributed by atoms with E-state index < -0.39 is 6.04 Å². The van der Waals surface area contributed by atoms with Crippen LogP contribution in [0.25, 0.3) is 0 Å². The second kappa shape index (κ2) is 9.78. The van der Waals surface area contributed by atoms with Crippen molar-refractivity contribution >= 4 is 11.6 Å². The molecule has 2 aromatic heterocycles. The fraction of sp³-hybridized carbons (Fsp3) is 0.174. The number of ether oxygens (including phenoxy) is 1. The van der Waals surface area contributed by atoms with E-state index in [1.807, 2.05) is 30.3 Å². The summed E-state index contributed by atoms with van der Waals surface area (Å²) in [5.41, 5.74) is 2.33. The average Bonchev–Trinajstić information content (AvgIpc) is 3.24. The molecule has 4 rings (SSSR count). The number of aryl methyl sites for hydroxylation is 1. The largest absolute Gasteiger partial charge is 0.473 e. The van der Waals surface area contributed by atoms with Gasteiger partial charge in [0.1, 0.15) is 24.3 Å². The number of aromatic nitrogens is 5. The lowest BCUT2D eigenvalue weighted by Gasteiger charge is -2.17. The Morgan fingerprint density at radius 3 is 2.50 bits per heavy atom. The van der Waals surface area contributed by atoms with Gasteiger partial charge < -0.3 is 10.1 Å². The summed E-state index contributed by atoms with van der Waals surface area (Å²) in [6.07, 6.45) is 1.82. The van der Waals surface area contributed by atoms with Crippen molar-refractivity contribution in [1.82, 2.24) is 25.2 Å². The molecular formula is C23H21FN6O2. The van der Waals surface area contributed by atoms with Gasteiger partial charge in [-0.2, -0.15) is 0 Å². The third-order valence-electron chi connectivity index (χ3n) is 4.83. The lowest BCUT2D eigenvalue weighted by atomic mass is 10.1. The third kappa shape index (κ3) is 5.31. The van der Waals surface area contributed by atoms with Crippen molar-refractivity contribution < 1.29 is 13.9 Å². The van der Waals surface area contributed by atoms with Gasteiger partial charge >= 0.3 is 0 Å². The molecule has 1 amide bonds. The number of carbonyl (C=O) groups excluding carboxylic acids is 1. The number of tetrazole rings is 1. The van der Waals surface area contributed by atoms with Crippen LogP contribution in [0.3, 0.4) is 0 Å². The molecule has 8 nitrogen and oxygen atoms in total. The Morgan fingerprint density at radius 1 is 1.06 bits per heavy atom. The normalized spacial score (nSPS) is 11.7. The number of amides is 1. The van der Waals surface area contributed by atoms with Crippen molar-refractivity contribution in [2.24, 2.45) is 0 Å². The summed E-state index contributed by atoms with van der Waals surface area (Å²) in [6.45, 7) is 2.11. The van der Waals surface area contributed by atoms with Gasteiger partial charge in [0.25, 0.3) is 0 Å². The van der Waals surface area contributed by atoms with Crippen LogP contribution in [-0.4, -0.2) is 31.1 Å². The van der Waals surface area contributed by atoms with Gasteiger partial charge in [-0.05, 0) is 46.7 Å². The van der Waals surface area contributed by atoms with E-state index in [1.165, 1.54) is 23.0 Å². The van der Waals surface area contributed by atoms with Gasteiger partial charge in [0.15, 0.2) is 0 Å². The number of pyridine rings is 1. The van der Waals surface area contributed by atoms with Gasteiger partial charge in [-0.1, -0.05) is 42.5 Å². The SMILES string of the molecule is Cc1nnnn1C(Cc1ccc(F)cc1)C(=O)Nc1ccc(OCc2ccccc2)nc1. The quantitative estimate of drug-likeness (QED) is 0.458. The number of rotatable bonds is 8. The van der Waals surface area contributed by atoms with Crippen LogP contribution in [0.4, 0.5) is 10.1 Å². The maximum atomic E-state index is 13.3. The average molecular weight is 432 g/mol. The molecule has 0 bridgehead atoms. The topological polar surface area (TPSA) is 94.8 Å². The Bertz CT molecular complexity index is 1160. The van der Waals surface area contributed by atoms with Crippen molar-refractivity contribution in [3.05, 3.63) is 95.7 Å². The predicted octanol–water partition coefficient (Wildman–Crippen LogP) is 3.52. The first-order chi connectivity index (χ1) is 15.6. The number of carbonyl (C=O) groups is 1. The molecule has 0 aliphatic carbocycles. The van der Waals surface area contributed by atoms with Gasteiger partial charge in [0.2, 0.25) is 11.8 Å². The minimum atomic E-state index is -0.718. The standard InChI is InChI=1S/C23H21FN6O2/c1-16-27-28-29-30(16)21(13-17-7-9-19(24)10-8-17)23(31)26-20-11-12-22(25-14-20)32-15-18-5-3-2-4-6-18/h2-12,14,21H,13,15H2,1H3,(H,26,31). The molecule has 0 saturated heterocycles. The maximum absolute atomic E-state index is 13.3. The van der Waals surface area contributed by atoms with Crippen LogP contribution in [0.5, 0.6) is 5.88 Å². The van der Waals surface area contributed by atoms with E-state index in [-0.39, 0.29) is 11.7 Å². The number of halogens is 1. The van der Waals surface area contributed by atoms with E-state index in [2.05, 4.69) is 25.8 Å². The van der Waals surface area contributed by atoms with Crippen LogP contribution < -0.4 is 10.1 Å². The lowest BCUT2D eigenvalue weighted by molar-refractivity contribution is -0.119. The number of nitrogens with one attached hydrogen (secondary N) is 1. The predicted molar refractivity (Wildman–Crippen MR) is 115 cm³/mol. The maximum Gasteiger partial charge on any atom is 0.249 e. The summed E-state index contributed by atoms with van der Waals surface area (Å²) in [5.74, 6) is 0.291. The van der Waals surface area contributed by atoms with Crippen LogP contribution >= 0.6 is 0 Å². The fourth-order valence-corrected chi connectivity index (χ4v) is 3.16. The molecule has 2 heterocycles. The van der Waals surface area contributed by atoms with Crippen LogP contribution in [0.15, 0.2) is 72.9 Å². The molecule has 0 aliphatic rings. The highest BCUT2D eigenvalue weighted by molar-refractivity contribution is 5.93. The lowest BCUT2D eigenvalue weighted by Crippen LogP contribution is -2.29. The van der Waals surface area contributed by atoms with Crippen LogP contribution in [0, 0.1) is 12.7 Å². The number of hydrogen-bond acceptors (Lipinski definition) is 6. The summed E-state index contributed by atoms with van der Waals surface area (Å²) >= 11 is 0. The highest BCUT2D eigenvalue weighted by atomic mass is 19.1. The molecule has 32 heavy (non-hydrogen) atoms. The minimum Gasteiger partial charge on any atom is -0.473 e. The molecule has 0 saturated carbocycles. The van der Waals surface area contributed by atoms with Crippen molar-refractivity contribution in [1.29, 1.82) is 0 Å². The van der Waals surface area contributed by atoms with Gasteiger partial charge in [0.05, 0.1) is 11.9 Å². The Kier molecular flexibility index (Phi) is 6.45. The summed E-state index contributed by atoms with van der Waals surface area (Å²) in [5, 5.41) is 14.3. The molecule has 1 N–H and O–H groups in total. The van der Waals surface area contributed by atoms with E-state index in [4.69, 9.17) is 4.74 Å². The van der Waals surface area contributed by atoms with E-state index in [0.29, 0.717) is 30.4 Å². The molecule has 4 aromatic rings. The first kappa shape index (κ1) is 21.1. The summed E-state index contributed by atoms with van der Waals surface area (Å²) in [7, 11) is 0. The highest BCUT2D eigenvalue weighted by Crippen LogP contribution is 2.19. The van der Waals surface area contributed by atoms with Gasteiger partial charge in [-0.15, -0.1) is 5.10 Å². The van der Waals surface area contributed by atoms with E-state index in [9.17, 15) is 9.18 Å². The zero-order valence-corrected chi connectivity index (χ0v) is 17.4. The summed E-state index contributed by atoms with van der Waals surface area (Å²) in [6, 6.07) is 18.4. The number of anilines is 1. The summed E-state index contributed by atoms with van der Waals surface area (Å²) < 4.78 is 20.4. The van der Waals surface area contributed by atoms with E-state index in [1.54, 1.807) is 31.2 Å². The molecule has 9 heteroatoms. The van der Waals surface area contributed by atoms with Crippen molar-refractivity contribution in [2.45, 2.75) is 26.0 Å². The third-order valence-corrected chi connectivity index (χ3v) is 4.83. The molecule has 0 fully saturated rings. The molecule has 1 atom stereocenters. The van der Waals surface area contributed by atoms with E-state index in [0.717, 1.165) is 11.1 Å². The number of benzene rings is 2. The molecule has 2 aromatic carbocycles. The molecule has 162 valence electrons. The Labute approximate surface area is 184 Å². The van der Waals surface area contributed by atoms with Gasteiger partial charge in [-0.25, -0.2) is 14.1 Å². The molecule has 1 unspecified atom stereocenters. The zero-order chi connectivity index (χ0) is 22.3. The van der Waals surface area contributed by atoms with E-state index >= 15 is 0 Å². The summed E-state index contributed by atoms with van der Waals surface area (Å²) in [4.78, 5) is 17.3. The van der Waals surface area contributed by atoms with Crippen molar-refractivity contribution in [2.75, 3.05) is 5.32 Å². The second-order valence-electron chi connectivity index (χ2n) is 7.17. The van der Waals surface area contributed by atoms with Gasteiger partial charge in [0, 0.05) is 12.5 Å². The fourth-order valence-electron chi connectivity index (χ4n) is 3.16. The monoisotopic (exact) mass is 432 g/mol. The number of nitrogens with zero attached hydrogens (tertiary/aromatic N) is 5. The van der Waals surface area contributed by atoms with Crippen LogP contribution in [0.1, 0.15) is 23.0 Å². The Balaban J connectivity index is 1.44. The van der Waals surface area contributed by atoms with Crippen molar-refractivity contribution in [3.63, 3.8) is 0 Å². The van der Waals surface area contributed by atoms with Gasteiger partial charge in [-0.3, -0.25) is 4.79 Å². The second-order valence-corrected chi connectivity index (χ2v) is 7.17. The molecular weight excluding hydrogens is 411 g/mol. The Hall–Kier alpha value is -4.14. The minimum absolute atomic E-state index is 0.295. The van der Waals surface area contributed by atoms with Crippen LogP contribution in [0.2, 0.25) is 0 Å². The number of hydrogen-bond donors (Lipinski definition) is 1. The van der Waals surface area contributed by atoms with Crippen molar-refractivity contribution in [3.8, 4) is 5.88 Å².